The summed E-state index contributed by atoms with van der Waals surface area (Å²) >= 11 is 8.42. The van der Waals surface area contributed by atoms with Gasteiger partial charge in [-0.25, -0.2) is 9.79 Å². The Labute approximate surface area is 292 Å². The van der Waals surface area contributed by atoms with E-state index in [1.54, 1.807) is 56.1 Å². The second-order valence-electron chi connectivity index (χ2n) is 10.4. The maximum Gasteiger partial charge on any atom is 0.338 e. The maximum atomic E-state index is 14.2. The summed E-state index contributed by atoms with van der Waals surface area (Å²) in [7, 11) is 3.13. The molecule has 5 rings (SSSR count). The molecule has 0 saturated carbocycles. The van der Waals surface area contributed by atoms with Gasteiger partial charge >= 0.3 is 5.97 Å². The van der Waals surface area contributed by atoms with Crippen molar-refractivity contribution in [3.05, 3.63) is 117 Å². The van der Waals surface area contributed by atoms with Crippen molar-refractivity contribution >= 4 is 55.2 Å². The highest BCUT2D eigenvalue weighted by atomic mass is 79.9. The Hall–Kier alpha value is -4.18. The van der Waals surface area contributed by atoms with Crippen LogP contribution in [-0.2, 0) is 16.1 Å². The Kier molecular flexibility index (Phi) is 11.0. The maximum absolute atomic E-state index is 14.2. The number of nitrogens with zero attached hydrogens (tertiary/aromatic N) is 3. The van der Waals surface area contributed by atoms with E-state index in [0.717, 1.165) is 12.0 Å². The van der Waals surface area contributed by atoms with Gasteiger partial charge in [-0.1, -0.05) is 42.9 Å². The predicted octanol–water partition coefficient (Wildman–Crippen LogP) is 6.57. The van der Waals surface area contributed by atoms with Crippen LogP contribution >= 0.6 is 43.2 Å². The van der Waals surface area contributed by atoms with Crippen molar-refractivity contribution in [2.24, 2.45) is 4.99 Å². The molecule has 12 heteroatoms. The topological polar surface area (TPSA) is 112 Å². The van der Waals surface area contributed by atoms with Gasteiger partial charge in [-0.3, -0.25) is 9.36 Å². The summed E-state index contributed by atoms with van der Waals surface area (Å²) in [6.07, 6.45) is 3.07. The van der Waals surface area contributed by atoms with Gasteiger partial charge in [0.05, 0.1) is 63.2 Å². The summed E-state index contributed by atoms with van der Waals surface area (Å²) < 4.78 is 26.0. The van der Waals surface area contributed by atoms with Crippen LogP contribution < -0.4 is 29.1 Å². The highest BCUT2D eigenvalue weighted by Gasteiger charge is 2.34. The van der Waals surface area contributed by atoms with Crippen molar-refractivity contribution in [3.63, 3.8) is 0 Å². The molecule has 9 nitrogen and oxygen atoms in total. The minimum atomic E-state index is -0.754. The molecule has 0 fully saturated rings. The van der Waals surface area contributed by atoms with Crippen LogP contribution in [0.15, 0.2) is 84.6 Å². The van der Waals surface area contributed by atoms with E-state index in [0.29, 0.717) is 69.9 Å². The number of benzene rings is 3. The standard InChI is InChI=1S/C35H31Br2N3O6S/c1-5-7-26-30(34(42)45-6-2)31(23-12-13-27(43-3)24(36)17-23)40-33(41)29(47-35(40)39-26)16-22-14-25(37)32(28(15-22)44-4)46-19-21-10-8-20(18-38)9-11-21/h8-17,31H,5-7,19H2,1-4H3/b29-16+/t31-/m1/s1. The quantitative estimate of drug-likeness (QED) is 0.158. The monoisotopic (exact) mass is 779 g/mol. The highest BCUT2D eigenvalue weighted by Crippen LogP contribution is 2.38. The molecular weight excluding hydrogens is 750 g/mol. The van der Waals surface area contributed by atoms with Crippen LogP contribution in [0.25, 0.3) is 6.08 Å². The van der Waals surface area contributed by atoms with Gasteiger partial charge in [-0.15, -0.1) is 0 Å². The predicted molar refractivity (Wildman–Crippen MR) is 187 cm³/mol. The zero-order valence-corrected chi connectivity index (χ0v) is 30.1. The third-order valence-corrected chi connectivity index (χ3v) is 9.59. The van der Waals surface area contributed by atoms with Gasteiger partial charge in [0.25, 0.3) is 5.56 Å². The average Bonchev–Trinajstić information content (AvgIpc) is 3.37. The van der Waals surface area contributed by atoms with Gasteiger partial charge in [0.1, 0.15) is 12.4 Å². The number of aromatic nitrogens is 1. The second kappa shape index (κ2) is 15.2. The Bertz CT molecular complexity index is 2080. The molecule has 1 atom stereocenters. The summed E-state index contributed by atoms with van der Waals surface area (Å²) in [6.45, 7) is 4.22. The molecule has 0 spiro atoms. The van der Waals surface area contributed by atoms with Crippen molar-refractivity contribution in [2.75, 3.05) is 20.8 Å². The van der Waals surface area contributed by atoms with E-state index in [9.17, 15) is 9.59 Å². The zero-order valence-electron chi connectivity index (χ0n) is 26.1. The molecule has 0 unspecified atom stereocenters. The van der Waals surface area contributed by atoms with Crippen LogP contribution in [0.3, 0.4) is 0 Å². The Morgan fingerprint density at radius 3 is 2.43 bits per heavy atom. The van der Waals surface area contributed by atoms with E-state index in [-0.39, 0.29) is 18.8 Å². The number of nitriles is 1. The third-order valence-electron chi connectivity index (χ3n) is 7.40. The lowest BCUT2D eigenvalue weighted by atomic mass is 9.94. The smallest absolute Gasteiger partial charge is 0.338 e. The largest absolute Gasteiger partial charge is 0.496 e. The number of allylic oxidation sites excluding steroid dienone is 1. The summed E-state index contributed by atoms with van der Waals surface area (Å²) in [4.78, 5) is 33.0. The molecular formula is C35H31Br2N3O6S. The lowest BCUT2D eigenvalue weighted by molar-refractivity contribution is -0.139. The number of carbonyl (C=O) groups is 1. The summed E-state index contributed by atoms with van der Waals surface area (Å²) in [5, 5.41) is 9.06. The van der Waals surface area contributed by atoms with E-state index < -0.39 is 12.0 Å². The fourth-order valence-electron chi connectivity index (χ4n) is 5.23. The molecule has 1 aliphatic heterocycles. The molecule has 0 saturated heterocycles. The number of esters is 1. The van der Waals surface area contributed by atoms with E-state index in [1.807, 2.05) is 37.3 Å². The Morgan fingerprint density at radius 1 is 1.04 bits per heavy atom. The molecule has 1 aliphatic rings. The van der Waals surface area contributed by atoms with Gasteiger partial charge in [0.2, 0.25) is 0 Å². The number of ether oxygens (including phenoxy) is 4. The van der Waals surface area contributed by atoms with Crippen LogP contribution in [0, 0.1) is 11.3 Å². The molecule has 1 aromatic heterocycles. The molecule has 3 aromatic carbocycles. The molecule has 0 amide bonds. The number of halogens is 2. The molecule has 4 aromatic rings. The van der Waals surface area contributed by atoms with Gasteiger partial charge in [-0.2, -0.15) is 5.26 Å². The molecule has 47 heavy (non-hydrogen) atoms. The normalized spacial score (nSPS) is 14.2. The van der Waals surface area contributed by atoms with Crippen molar-refractivity contribution < 1.29 is 23.7 Å². The minimum Gasteiger partial charge on any atom is -0.496 e. The molecule has 0 aliphatic carbocycles. The fraction of sp³-hybridized carbons (Fsp3) is 0.257. The van der Waals surface area contributed by atoms with E-state index in [1.165, 1.54) is 11.3 Å². The van der Waals surface area contributed by atoms with Crippen LogP contribution in [0.5, 0.6) is 17.2 Å². The Balaban J connectivity index is 1.60. The van der Waals surface area contributed by atoms with E-state index in [4.69, 9.17) is 29.2 Å². The average molecular weight is 782 g/mol. The number of rotatable bonds is 11. The Morgan fingerprint density at radius 2 is 1.79 bits per heavy atom. The number of fused-ring (bicyclic) bond motifs is 1. The summed E-state index contributed by atoms with van der Waals surface area (Å²) in [5.41, 5.74) is 3.54. The minimum absolute atomic E-state index is 0.190. The van der Waals surface area contributed by atoms with Crippen molar-refractivity contribution in [3.8, 4) is 23.3 Å². The van der Waals surface area contributed by atoms with Crippen LogP contribution in [0.1, 0.15) is 55.0 Å². The van der Waals surface area contributed by atoms with E-state index >= 15 is 0 Å². The second-order valence-corrected chi connectivity index (χ2v) is 13.2. The number of hydrogen-bond acceptors (Lipinski definition) is 9. The van der Waals surface area contributed by atoms with Gasteiger partial charge in [0, 0.05) is 0 Å². The first-order chi connectivity index (χ1) is 22.7. The first kappa shape index (κ1) is 34.2. The molecule has 0 bridgehead atoms. The van der Waals surface area contributed by atoms with Crippen LogP contribution in [0.4, 0.5) is 0 Å². The molecule has 2 heterocycles. The lowest BCUT2D eigenvalue weighted by Gasteiger charge is -2.26. The number of thiazole rings is 1. The van der Waals surface area contributed by atoms with Crippen LogP contribution in [-0.4, -0.2) is 31.4 Å². The lowest BCUT2D eigenvalue weighted by Crippen LogP contribution is -2.40. The first-order valence-electron chi connectivity index (χ1n) is 14.8. The van der Waals surface area contributed by atoms with Gasteiger partial charge in [0.15, 0.2) is 16.3 Å². The third kappa shape index (κ3) is 7.22. The van der Waals surface area contributed by atoms with E-state index in [2.05, 4.69) is 37.9 Å². The van der Waals surface area contributed by atoms with Crippen molar-refractivity contribution in [1.29, 1.82) is 5.26 Å². The zero-order chi connectivity index (χ0) is 33.7. The summed E-state index contributed by atoms with van der Waals surface area (Å²) in [6, 6.07) is 17.6. The fourth-order valence-corrected chi connectivity index (χ4v) is 7.39. The van der Waals surface area contributed by atoms with Crippen LogP contribution in [0.2, 0.25) is 0 Å². The first-order valence-corrected chi connectivity index (χ1v) is 17.2. The molecule has 0 N–H and O–H groups in total. The number of hydrogen-bond donors (Lipinski definition) is 0. The number of carbonyl (C=O) groups excluding carboxylic acids is 1. The highest BCUT2D eigenvalue weighted by molar-refractivity contribution is 9.11. The van der Waals surface area contributed by atoms with Crippen molar-refractivity contribution in [1.82, 2.24) is 4.57 Å². The van der Waals surface area contributed by atoms with Gasteiger partial charge in [-0.05, 0) is 104 Å². The number of methoxy groups -OCH3 is 2. The van der Waals surface area contributed by atoms with Crippen molar-refractivity contribution in [2.45, 2.75) is 39.3 Å². The molecule has 242 valence electrons. The van der Waals surface area contributed by atoms with Gasteiger partial charge < -0.3 is 18.9 Å². The molecule has 0 radical (unpaired) electrons. The SMILES string of the molecule is CCCC1=C(C(=O)OCC)[C@@H](c2ccc(OC)c(Br)c2)n2c(s/c(=C/c3cc(Br)c(OCc4ccc(C#N)cc4)c(OC)c3)c2=O)=N1. The summed E-state index contributed by atoms with van der Waals surface area (Å²) in [5.74, 6) is 1.10.